The fourth-order valence-electron chi connectivity index (χ4n) is 3.13. The van der Waals surface area contributed by atoms with Crippen LogP contribution in [0, 0.1) is 11.6 Å². The molecule has 1 aliphatic rings. The van der Waals surface area contributed by atoms with Gasteiger partial charge in [0.05, 0.1) is 12.1 Å². The molecule has 1 aliphatic carbocycles. The number of primary amides is 1. The van der Waals surface area contributed by atoms with E-state index < -0.39 is 23.6 Å². The van der Waals surface area contributed by atoms with E-state index in [2.05, 4.69) is 10.6 Å². The van der Waals surface area contributed by atoms with Crippen LogP contribution in [0.25, 0.3) is 0 Å². The third-order valence-electron chi connectivity index (χ3n) is 4.42. The van der Waals surface area contributed by atoms with Crippen molar-refractivity contribution in [1.29, 1.82) is 0 Å². The van der Waals surface area contributed by atoms with Gasteiger partial charge in [-0.25, -0.2) is 8.78 Å². The van der Waals surface area contributed by atoms with Gasteiger partial charge in [-0.15, -0.1) is 11.3 Å². The van der Waals surface area contributed by atoms with E-state index in [0.29, 0.717) is 10.6 Å². The molecular weight excluding hydrogens is 360 g/mol. The summed E-state index contributed by atoms with van der Waals surface area (Å²) in [6, 6.07) is 2.84. The molecule has 5 nitrogen and oxygen atoms in total. The molecule has 4 N–H and O–H groups in total. The van der Waals surface area contributed by atoms with Gasteiger partial charge < -0.3 is 16.4 Å². The van der Waals surface area contributed by atoms with Crippen molar-refractivity contribution in [3.8, 4) is 0 Å². The highest BCUT2D eigenvalue weighted by Crippen LogP contribution is 2.38. The highest BCUT2D eigenvalue weighted by atomic mass is 32.1. The van der Waals surface area contributed by atoms with E-state index in [0.717, 1.165) is 35.8 Å². The summed E-state index contributed by atoms with van der Waals surface area (Å²) in [6.45, 7) is 1.59. The molecule has 8 heteroatoms. The maximum Gasteiger partial charge on any atom is 0.251 e. The molecule has 1 aromatic carbocycles. The number of anilines is 1. The van der Waals surface area contributed by atoms with E-state index in [9.17, 15) is 18.4 Å². The van der Waals surface area contributed by atoms with Gasteiger partial charge in [0.1, 0.15) is 16.6 Å². The summed E-state index contributed by atoms with van der Waals surface area (Å²) in [4.78, 5) is 25.0. The van der Waals surface area contributed by atoms with E-state index in [4.69, 9.17) is 5.73 Å². The second kappa shape index (κ2) is 7.51. The Morgan fingerprint density at radius 2 is 2.08 bits per heavy atom. The van der Waals surface area contributed by atoms with Crippen molar-refractivity contribution >= 4 is 28.2 Å². The molecule has 138 valence electrons. The Kier molecular flexibility index (Phi) is 5.33. The lowest BCUT2D eigenvalue weighted by atomic mass is 10.1. The first kappa shape index (κ1) is 18.5. The van der Waals surface area contributed by atoms with Crippen molar-refractivity contribution in [1.82, 2.24) is 5.32 Å². The number of nitrogens with two attached hydrogens (primary N) is 1. The third kappa shape index (κ3) is 3.76. The number of carbonyl (C=O) groups is 2. The van der Waals surface area contributed by atoms with Crippen molar-refractivity contribution < 1.29 is 18.4 Å². The number of benzene rings is 1. The monoisotopic (exact) mass is 379 g/mol. The quantitative estimate of drug-likeness (QED) is 0.722. The van der Waals surface area contributed by atoms with Crippen LogP contribution in [0.3, 0.4) is 0 Å². The van der Waals surface area contributed by atoms with E-state index in [1.165, 1.54) is 23.5 Å². The van der Waals surface area contributed by atoms with Gasteiger partial charge >= 0.3 is 0 Å². The number of fused-ring (bicyclic) bond motifs is 1. The van der Waals surface area contributed by atoms with Gasteiger partial charge in [0.15, 0.2) is 0 Å². The van der Waals surface area contributed by atoms with Crippen molar-refractivity contribution in [2.75, 3.05) is 11.9 Å². The standard InChI is InChI=1S/C18H19F2N3O2S/c1-9(11-6-5-10(19)7-13(11)20)22-8-15(24)23-18-16(17(21)25)12-3-2-4-14(12)26-18/h5-7,9,22H,2-4,8H2,1H3,(H2,21,25)(H,23,24)/t9-/m1/s1. The van der Waals surface area contributed by atoms with Crippen LogP contribution in [0.1, 0.15) is 45.7 Å². The maximum atomic E-state index is 13.8. The Morgan fingerprint density at radius 3 is 2.77 bits per heavy atom. The molecule has 0 radical (unpaired) electrons. The Labute approximate surface area is 153 Å². The highest BCUT2D eigenvalue weighted by Gasteiger charge is 2.26. The lowest BCUT2D eigenvalue weighted by molar-refractivity contribution is -0.115. The smallest absolute Gasteiger partial charge is 0.251 e. The van der Waals surface area contributed by atoms with Gasteiger partial charge in [-0.3, -0.25) is 9.59 Å². The van der Waals surface area contributed by atoms with Gasteiger partial charge in [-0.05, 0) is 37.8 Å². The fourth-order valence-corrected chi connectivity index (χ4v) is 4.44. The lowest BCUT2D eigenvalue weighted by Crippen LogP contribution is -2.31. The normalized spacial score (nSPS) is 14.1. The van der Waals surface area contributed by atoms with Gasteiger partial charge in [0.25, 0.3) is 5.91 Å². The van der Waals surface area contributed by atoms with E-state index in [1.54, 1.807) is 6.92 Å². The second-order valence-corrected chi connectivity index (χ2v) is 7.35. The molecule has 1 atom stereocenters. The second-order valence-electron chi connectivity index (χ2n) is 6.24. The number of rotatable bonds is 6. The molecule has 0 aliphatic heterocycles. The first-order chi connectivity index (χ1) is 12.4. The summed E-state index contributed by atoms with van der Waals surface area (Å²) < 4.78 is 26.8. The SMILES string of the molecule is C[C@@H](NCC(=O)Nc1sc2c(c1C(N)=O)CCC2)c1ccc(F)cc1F. The minimum absolute atomic E-state index is 0.0846. The van der Waals surface area contributed by atoms with Gasteiger partial charge in [0.2, 0.25) is 5.91 Å². The van der Waals surface area contributed by atoms with Crippen LogP contribution in [-0.2, 0) is 17.6 Å². The van der Waals surface area contributed by atoms with Crippen LogP contribution in [-0.4, -0.2) is 18.4 Å². The van der Waals surface area contributed by atoms with Crippen molar-refractivity contribution in [2.45, 2.75) is 32.2 Å². The van der Waals surface area contributed by atoms with Crippen LogP contribution >= 0.6 is 11.3 Å². The molecule has 0 bridgehead atoms. The van der Waals surface area contributed by atoms with Gasteiger partial charge in [-0.1, -0.05) is 6.07 Å². The Bertz CT molecular complexity index is 866. The summed E-state index contributed by atoms with van der Waals surface area (Å²) in [5.41, 5.74) is 7.07. The van der Waals surface area contributed by atoms with Gasteiger partial charge in [0, 0.05) is 22.5 Å². The van der Waals surface area contributed by atoms with Crippen molar-refractivity contribution in [3.63, 3.8) is 0 Å². The van der Waals surface area contributed by atoms with Crippen molar-refractivity contribution in [3.05, 3.63) is 51.4 Å². The van der Waals surface area contributed by atoms with Gasteiger partial charge in [-0.2, -0.15) is 0 Å². The average Bonchev–Trinajstić information content (AvgIpc) is 3.12. The summed E-state index contributed by atoms with van der Waals surface area (Å²) in [6.07, 6.45) is 2.66. The molecule has 0 saturated heterocycles. The summed E-state index contributed by atoms with van der Waals surface area (Å²) in [5, 5.41) is 6.07. The van der Waals surface area contributed by atoms with E-state index in [1.807, 2.05) is 0 Å². The zero-order valence-corrected chi connectivity index (χ0v) is 15.0. The summed E-state index contributed by atoms with van der Waals surface area (Å²) >= 11 is 1.38. The first-order valence-corrected chi connectivity index (χ1v) is 9.11. The largest absolute Gasteiger partial charge is 0.365 e. The molecular formula is C18H19F2N3O2S. The average molecular weight is 379 g/mol. The van der Waals surface area contributed by atoms with Crippen LogP contribution in [0.5, 0.6) is 0 Å². The number of hydrogen-bond donors (Lipinski definition) is 3. The summed E-state index contributed by atoms with van der Waals surface area (Å²) in [7, 11) is 0. The molecule has 2 aromatic rings. The molecule has 0 saturated carbocycles. The fraction of sp³-hybridized carbons (Fsp3) is 0.333. The number of nitrogens with one attached hydrogen (secondary N) is 2. The predicted molar refractivity (Wildman–Crippen MR) is 96.3 cm³/mol. The number of thiophene rings is 1. The van der Waals surface area contributed by atoms with Crippen LogP contribution in [0.4, 0.5) is 13.8 Å². The number of halogens is 2. The zero-order valence-electron chi connectivity index (χ0n) is 14.2. The minimum atomic E-state index is -0.670. The molecule has 2 amide bonds. The molecule has 0 spiro atoms. The Morgan fingerprint density at radius 1 is 1.31 bits per heavy atom. The Hall–Kier alpha value is -2.32. The molecule has 0 unspecified atom stereocenters. The van der Waals surface area contributed by atoms with Crippen LogP contribution < -0.4 is 16.4 Å². The lowest BCUT2D eigenvalue weighted by Gasteiger charge is -2.15. The maximum absolute atomic E-state index is 13.8. The van der Waals surface area contributed by atoms with E-state index in [-0.39, 0.29) is 18.0 Å². The molecule has 3 rings (SSSR count). The minimum Gasteiger partial charge on any atom is -0.365 e. The number of hydrogen-bond acceptors (Lipinski definition) is 4. The molecule has 26 heavy (non-hydrogen) atoms. The highest BCUT2D eigenvalue weighted by molar-refractivity contribution is 7.17. The Balaban J connectivity index is 1.64. The number of amides is 2. The zero-order chi connectivity index (χ0) is 18.8. The third-order valence-corrected chi connectivity index (χ3v) is 5.63. The van der Waals surface area contributed by atoms with Crippen LogP contribution in [0.15, 0.2) is 18.2 Å². The molecule has 0 fully saturated rings. The van der Waals surface area contributed by atoms with Crippen molar-refractivity contribution in [2.24, 2.45) is 5.73 Å². The number of carbonyl (C=O) groups excluding carboxylic acids is 2. The molecule has 1 aromatic heterocycles. The molecule has 1 heterocycles. The van der Waals surface area contributed by atoms with E-state index >= 15 is 0 Å². The van der Waals surface area contributed by atoms with Crippen LogP contribution in [0.2, 0.25) is 0 Å². The first-order valence-electron chi connectivity index (χ1n) is 8.29. The number of aryl methyl sites for hydroxylation is 1. The predicted octanol–water partition coefficient (Wildman–Crippen LogP) is 2.90. The topological polar surface area (TPSA) is 84.2 Å². The summed E-state index contributed by atoms with van der Waals surface area (Å²) in [5.74, 6) is -2.23.